The van der Waals surface area contributed by atoms with Crippen molar-refractivity contribution in [3.8, 4) is 0 Å². The number of nitrogens with zero attached hydrogens (tertiary/aromatic N) is 4. The molecule has 1 aliphatic carbocycles. The standard InChI is InChI=1S/C20H23N5O4/c1-23-12-21-18-17(23)19(27)25(20(28)24(18)2)9-16(26)22-15-5-3-4-14(8-15)11-29-10-13-6-7-13/h3-5,8,12-13H,6-7,9-11H2,1-2H3,(H,22,26). The number of benzene rings is 1. The van der Waals surface area contributed by atoms with E-state index in [1.54, 1.807) is 13.1 Å². The number of fused-ring (bicyclic) bond motifs is 1. The van der Waals surface area contributed by atoms with Crippen LogP contribution < -0.4 is 16.6 Å². The number of anilines is 1. The molecule has 9 heteroatoms. The first-order valence-electron chi connectivity index (χ1n) is 9.51. The van der Waals surface area contributed by atoms with E-state index in [1.165, 1.54) is 35.4 Å². The molecule has 2 heterocycles. The van der Waals surface area contributed by atoms with Gasteiger partial charge in [0.05, 0.1) is 12.9 Å². The van der Waals surface area contributed by atoms with Crippen LogP contribution in [0.15, 0.2) is 40.2 Å². The predicted molar refractivity (Wildman–Crippen MR) is 108 cm³/mol. The third kappa shape index (κ3) is 4.00. The summed E-state index contributed by atoms with van der Waals surface area (Å²) < 4.78 is 9.40. The maximum absolute atomic E-state index is 12.7. The third-order valence-electron chi connectivity index (χ3n) is 5.03. The summed E-state index contributed by atoms with van der Waals surface area (Å²) in [5.41, 5.74) is 0.980. The van der Waals surface area contributed by atoms with Crippen LogP contribution in [-0.4, -0.2) is 31.2 Å². The van der Waals surface area contributed by atoms with Crippen molar-refractivity contribution in [3.63, 3.8) is 0 Å². The first-order chi connectivity index (χ1) is 13.9. The number of ether oxygens (including phenoxy) is 1. The topological polar surface area (TPSA) is 100 Å². The Balaban J connectivity index is 1.49. The molecular weight excluding hydrogens is 374 g/mol. The molecule has 0 aliphatic heterocycles. The number of carbonyl (C=O) groups excluding carboxylic acids is 1. The molecule has 29 heavy (non-hydrogen) atoms. The zero-order chi connectivity index (χ0) is 20.5. The van der Waals surface area contributed by atoms with E-state index in [0.29, 0.717) is 18.2 Å². The average molecular weight is 397 g/mol. The van der Waals surface area contributed by atoms with Crippen LogP contribution in [0.1, 0.15) is 18.4 Å². The summed E-state index contributed by atoms with van der Waals surface area (Å²) >= 11 is 0. The number of hydrogen-bond donors (Lipinski definition) is 1. The van der Waals surface area contributed by atoms with Gasteiger partial charge in [0.15, 0.2) is 11.2 Å². The molecule has 0 bridgehead atoms. The van der Waals surface area contributed by atoms with Crippen molar-refractivity contribution in [3.05, 3.63) is 57.0 Å². The lowest BCUT2D eigenvalue weighted by atomic mass is 10.2. The van der Waals surface area contributed by atoms with Gasteiger partial charge < -0.3 is 14.6 Å². The van der Waals surface area contributed by atoms with Gasteiger partial charge in [-0.3, -0.25) is 14.2 Å². The van der Waals surface area contributed by atoms with Gasteiger partial charge in [-0.2, -0.15) is 0 Å². The predicted octanol–water partition coefficient (Wildman–Crippen LogP) is 0.999. The van der Waals surface area contributed by atoms with Crippen LogP contribution in [-0.2, 0) is 36.8 Å². The number of rotatable bonds is 7. The second kappa shape index (κ2) is 7.67. The molecule has 1 amide bonds. The number of aryl methyl sites for hydroxylation is 2. The van der Waals surface area contributed by atoms with Crippen LogP contribution in [0.3, 0.4) is 0 Å². The highest BCUT2D eigenvalue weighted by atomic mass is 16.5. The first kappa shape index (κ1) is 19.1. The van der Waals surface area contributed by atoms with E-state index >= 15 is 0 Å². The Labute approximate surface area is 166 Å². The van der Waals surface area contributed by atoms with Crippen molar-refractivity contribution < 1.29 is 9.53 Å². The molecule has 9 nitrogen and oxygen atoms in total. The van der Waals surface area contributed by atoms with Crippen LogP contribution in [0.4, 0.5) is 5.69 Å². The van der Waals surface area contributed by atoms with Crippen LogP contribution in [0.25, 0.3) is 11.2 Å². The summed E-state index contributed by atoms with van der Waals surface area (Å²) in [6, 6.07) is 7.35. The van der Waals surface area contributed by atoms with Crippen LogP contribution >= 0.6 is 0 Å². The molecule has 0 spiro atoms. The number of amides is 1. The molecule has 1 aliphatic rings. The van der Waals surface area contributed by atoms with Gasteiger partial charge in [0.1, 0.15) is 6.54 Å². The lowest BCUT2D eigenvalue weighted by molar-refractivity contribution is -0.116. The highest BCUT2D eigenvalue weighted by molar-refractivity contribution is 5.90. The summed E-state index contributed by atoms with van der Waals surface area (Å²) in [6.45, 7) is 0.867. The molecule has 4 rings (SSSR count). The summed E-state index contributed by atoms with van der Waals surface area (Å²) in [5.74, 6) is 0.234. The number of imidazole rings is 1. The molecule has 0 radical (unpaired) electrons. The second-order valence-electron chi connectivity index (χ2n) is 7.47. The van der Waals surface area contributed by atoms with Gasteiger partial charge in [0.25, 0.3) is 5.56 Å². The molecule has 152 valence electrons. The smallest absolute Gasteiger partial charge is 0.332 e. The van der Waals surface area contributed by atoms with Crippen molar-refractivity contribution in [2.45, 2.75) is 26.0 Å². The summed E-state index contributed by atoms with van der Waals surface area (Å²) in [7, 11) is 3.19. The Morgan fingerprint density at radius 1 is 1.28 bits per heavy atom. The fraction of sp³-hybridized carbons (Fsp3) is 0.400. The molecule has 0 unspecified atom stereocenters. The van der Waals surface area contributed by atoms with E-state index in [1.807, 2.05) is 18.2 Å². The highest BCUT2D eigenvalue weighted by Crippen LogP contribution is 2.29. The van der Waals surface area contributed by atoms with E-state index in [9.17, 15) is 14.4 Å². The fourth-order valence-corrected chi connectivity index (χ4v) is 3.25. The van der Waals surface area contributed by atoms with E-state index in [4.69, 9.17) is 4.74 Å². The quantitative estimate of drug-likeness (QED) is 0.641. The van der Waals surface area contributed by atoms with E-state index in [0.717, 1.165) is 16.7 Å². The van der Waals surface area contributed by atoms with Crippen molar-refractivity contribution >= 4 is 22.8 Å². The maximum Gasteiger partial charge on any atom is 0.332 e. The summed E-state index contributed by atoms with van der Waals surface area (Å²) in [5, 5.41) is 2.75. The lowest BCUT2D eigenvalue weighted by Gasteiger charge is -2.10. The molecule has 3 aromatic rings. The minimum absolute atomic E-state index is 0.273. The lowest BCUT2D eigenvalue weighted by Crippen LogP contribution is -2.42. The second-order valence-corrected chi connectivity index (χ2v) is 7.47. The normalized spacial score (nSPS) is 13.7. The molecule has 0 atom stereocenters. The molecule has 1 N–H and O–H groups in total. The van der Waals surface area contributed by atoms with Crippen molar-refractivity contribution in [2.75, 3.05) is 11.9 Å². The number of aromatic nitrogens is 4. The van der Waals surface area contributed by atoms with E-state index in [-0.39, 0.29) is 17.7 Å². The van der Waals surface area contributed by atoms with Crippen LogP contribution in [0.2, 0.25) is 0 Å². The summed E-state index contributed by atoms with van der Waals surface area (Å²) in [6.07, 6.45) is 3.94. The van der Waals surface area contributed by atoms with E-state index < -0.39 is 17.2 Å². The average Bonchev–Trinajstić information content (AvgIpc) is 3.43. The Morgan fingerprint density at radius 3 is 2.83 bits per heavy atom. The Bertz CT molecular complexity index is 1190. The first-order valence-corrected chi connectivity index (χ1v) is 9.51. The van der Waals surface area contributed by atoms with Crippen molar-refractivity contribution in [1.82, 2.24) is 18.7 Å². The van der Waals surface area contributed by atoms with Gasteiger partial charge in [0.2, 0.25) is 5.91 Å². The third-order valence-corrected chi connectivity index (χ3v) is 5.03. The van der Waals surface area contributed by atoms with Gasteiger partial charge in [-0.15, -0.1) is 0 Å². The Morgan fingerprint density at radius 2 is 2.07 bits per heavy atom. The molecule has 0 saturated heterocycles. The van der Waals surface area contributed by atoms with Gasteiger partial charge in [-0.25, -0.2) is 14.3 Å². The van der Waals surface area contributed by atoms with Gasteiger partial charge in [0, 0.05) is 26.4 Å². The maximum atomic E-state index is 12.7. The highest BCUT2D eigenvalue weighted by Gasteiger charge is 2.21. The number of nitrogens with one attached hydrogen (secondary N) is 1. The number of carbonyl (C=O) groups is 1. The SMILES string of the molecule is Cn1cnc2c1c(=O)n(CC(=O)Nc1cccc(COCC3CC3)c1)c(=O)n2C. The monoisotopic (exact) mass is 397 g/mol. The fourth-order valence-electron chi connectivity index (χ4n) is 3.25. The zero-order valence-electron chi connectivity index (χ0n) is 16.4. The number of hydrogen-bond acceptors (Lipinski definition) is 5. The minimum atomic E-state index is -0.585. The van der Waals surface area contributed by atoms with Gasteiger partial charge in [-0.1, -0.05) is 12.1 Å². The van der Waals surface area contributed by atoms with Crippen molar-refractivity contribution in [1.29, 1.82) is 0 Å². The molecule has 1 saturated carbocycles. The van der Waals surface area contributed by atoms with Gasteiger partial charge in [-0.05, 0) is 36.5 Å². The Hall–Kier alpha value is -3.20. The largest absolute Gasteiger partial charge is 0.376 e. The van der Waals surface area contributed by atoms with Crippen LogP contribution in [0, 0.1) is 5.92 Å². The van der Waals surface area contributed by atoms with Crippen molar-refractivity contribution in [2.24, 2.45) is 20.0 Å². The zero-order valence-corrected chi connectivity index (χ0v) is 16.4. The molecule has 2 aromatic heterocycles. The Kier molecular flexibility index (Phi) is 5.06. The summed E-state index contributed by atoms with van der Waals surface area (Å²) in [4.78, 5) is 41.8. The molecule has 1 fully saturated rings. The minimum Gasteiger partial charge on any atom is -0.376 e. The molecular formula is C20H23N5O4. The van der Waals surface area contributed by atoms with Gasteiger partial charge >= 0.3 is 5.69 Å². The van der Waals surface area contributed by atoms with E-state index in [2.05, 4.69) is 10.3 Å². The molecule has 1 aromatic carbocycles. The van der Waals surface area contributed by atoms with Crippen LogP contribution in [0.5, 0.6) is 0 Å².